The van der Waals surface area contributed by atoms with Crippen molar-refractivity contribution in [2.75, 3.05) is 6.54 Å². The molecule has 0 atom stereocenters. The lowest BCUT2D eigenvalue weighted by Gasteiger charge is -2.31. The van der Waals surface area contributed by atoms with Gasteiger partial charge in [-0.2, -0.15) is 0 Å². The molecule has 1 aliphatic carbocycles. The van der Waals surface area contributed by atoms with E-state index in [1.54, 1.807) is 12.1 Å². The van der Waals surface area contributed by atoms with E-state index in [1.807, 2.05) is 6.08 Å². The van der Waals surface area contributed by atoms with Crippen LogP contribution < -0.4 is 0 Å². The first-order valence-corrected chi connectivity index (χ1v) is 6.06. The van der Waals surface area contributed by atoms with Crippen molar-refractivity contribution >= 4 is 11.8 Å². The highest BCUT2D eigenvalue weighted by molar-refractivity contribution is 5.81. The number of nitrogens with zero attached hydrogens (tertiary/aromatic N) is 1. The number of rotatable bonds is 1. The average Bonchev–Trinajstić information content (AvgIpc) is 3.10. The maximum absolute atomic E-state index is 12.9. The smallest absolute Gasteiger partial charge is 0.411 e. The molecule has 1 aromatic carbocycles. The minimum Gasteiger partial charge on any atom is -0.465 e. The van der Waals surface area contributed by atoms with Gasteiger partial charge in [0.2, 0.25) is 0 Å². The predicted octanol–water partition coefficient (Wildman–Crippen LogP) is 3.33. The van der Waals surface area contributed by atoms with E-state index in [0.29, 0.717) is 12.2 Å². The molecule has 1 N–H and O–H groups in total. The monoisotopic (exact) mass is 247 g/mol. The van der Waals surface area contributed by atoms with Crippen LogP contribution in [0.25, 0.3) is 5.70 Å². The molecule has 4 heteroatoms. The number of hydrogen-bond donors (Lipinski definition) is 1. The van der Waals surface area contributed by atoms with E-state index in [9.17, 15) is 14.3 Å². The maximum atomic E-state index is 12.9. The Balaban J connectivity index is 1.95. The number of hydrogen-bond acceptors (Lipinski definition) is 1. The zero-order valence-electron chi connectivity index (χ0n) is 9.90. The van der Waals surface area contributed by atoms with Crippen molar-refractivity contribution < 1.29 is 14.3 Å². The highest BCUT2D eigenvalue weighted by atomic mass is 19.1. The first-order chi connectivity index (χ1) is 8.60. The minimum absolute atomic E-state index is 0.182. The first-order valence-electron chi connectivity index (χ1n) is 6.06. The highest BCUT2D eigenvalue weighted by Crippen LogP contribution is 2.53. The van der Waals surface area contributed by atoms with Gasteiger partial charge >= 0.3 is 6.09 Å². The highest BCUT2D eigenvalue weighted by Gasteiger charge is 2.47. The molecule has 3 rings (SSSR count). The number of amides is 1. The van der Waals surface area contributed by atoms with Gasteiger partial charge in [0, 0.05) is 6.54 Å². The fraction of sp³-hybridized carbons (Fsp3) is 0.357. The van der Waals surface area contributed by atoms with Gasteiger partial charge in [0.1, 0.15) is 5.82 Å². The molecule has 1 heterocycles. The summed E-state index contributed by atoms with van der Waals surface area (Å²) in [5.74, 6) is -0.310. The number of allylic oxidation sites excluding steroid dienone is 1. The lowest BCUT2D eigenvalue weighted by Crippen LogP contribution is -2.36. The summed E-state index contributed by atoms with van der Waals surface area (Å²) in [5, 5.41) is 9.30. The van der Waals surface area contributed by atoms with E-state index in [2.05, 4.69) is 0 Å². The van der Waals surface area contributed by atoms with Gasteiger partial charge < -0.3 is 5.11 Å². The van der Waals surface area contributed by atoms with Crippen LogP contribution in [0.5, 0.6) is 0 Å². The quantitative estimate of drug-likeness (QED) is 0.826. The summed E-state index contributed by atoms with van der Waals surface area (Å²) in [7, 11) is 0. The number of carboxylic acid groups (broad SMARTS) is 1. The Morgan fingerprint density at radius 3 is 2.50 bits per heavy atom. The normalized spacial score (nSPS) is 20.7. The molecular weight excluding hydrogens is 233 g/mol. The average molecular weight is 247 g/mol. The molecule has 1 amide bonds. The third-order valence-corrected chi connectivity index (χ3v) is 3.84. The zero-order valence-corrected chi connectivity index (χ0v) is 9.90. The van der Waals surface area contributed by atoms with E-state index < -0.39 is 6.09 Å². The SMILES string of the molecule is O=C(O)N1CC2(CC=C1c1ccc(F)cc1)CC2. The Kier molecular flexibility index (Phi) is 2.40. The van der Waals surface area contributed by atoms with Gasteiger partial charge in [-0.3, -0.25) is 4.90 Å². The molecule has 2 aliphatic rings. The van der Waals surface area contributed by atoms with Crippen molar-refractivity contribution in [1.29, 1.82) is 0 Å². The van der Waals surface area contributed by atoms with Gasteiger partial charge in [0.05, 0.1) is 5.70 Å². The van der Waals surface area contributed by atoms with Crippen molar-refractivity contribution in [3.63, 3.8) is 0 Å². The van der Waals surface area contributed by atoms with Crippen molar-refractivity contribution in [3.05, 3.63) is 41.7 Å². The third kappa shape index (κ3) is 1.88. The minimum atomic E-state index is -0.934. The molecule has 1 spiro atoms. The molecule has 0 saturated heterocycles. The second-order valence-corrected chi connectivity index (χ2v) is 5.17. The van der Waals surface area contributed by atoms with Gasteiger partial charge in [0.15, 0.2) is 0 Å². The van der Waals surface area contributed by atoms with Gasteiger partial charge in [-0.05, 0) is 54.5 Å². The molecule has 1 aliphatic heterocycles. The van der Waals surface area contributed by atoms with Crippen LogP contribution in [0.3, 0.4) is 0 Å². The zero-order chi connectivity index (χ0) is 12.8. The summed E-state index contributed by atoms with van der Waals surface area (Å²) >= 11 is 0. The summed E-state index contributed by atoms with van der Waals surface area (Å²) in [6, 6.07) is 5.97. The van der Waals surface area contributed by atoms with Crippen molar-refractivity contribution in [3.8, 4) is 0 Å². The summed E-state index contributed by atoms with van der Waals surface area (Å²) in [5.41, 5.74) is 1.62. The summed E-state index contributed by atoms with van der Waals surface area (Å²) in [6.45, 7) is 0.561. The van der Waals surface area contributed by atoms with E-state index in [0.717, 1.165) is 24.8 Å². The second kappa shape index (κ2) is 3.83. The number of benzene rings is 1. The van der Waals surface area contributed by atoms with E-state index in [-0.39, 0.29) is 11.2 Å². The molecule has 0 bridgehead atoms. The van der Waals surface area contributed by atoms with Gasteiger partial charge in [-0.25, -0.2) is 9.18 Å². The fourth-order valence-electron chi connectivity index (χ4n) is 2.51. The van der Waals surface area contributed by atoms with Crippen LogP contribution in [0.1, 0.15) is 24.8 Å². The topological polar surface area (TPSA) is 40.5 Å². The number of carbonyl (C=O) groups is 1. The van der Waals surface area contributed by atoms with Gasteiger partial charge in [0.25, 0.3) is 0 Å². The summed E-state index contributed by atoms with van der Waals surface area (Å²) in [4.78, 5) is 12.7. The van der Waals surface area contributed by atoms with Crippen LogP contribution in [0.4, 0.5) is 9.18 Å². The van der Waals surface area contributed by atoms with Gasteiger partial charge in [-0.15, -0.1) is 0 Å². The second-order valence-electron chi connectivity index (χ2n) is 5.17. The Bertz CT molecular complexity index is 517. The molecular formula is C14H14FNO2. The molecule has 3 nitrogen and oxygen atoms in total. The molecule has 1 saturated carbocycles. The maximum Gasteiger partial charge on any atom is 0.411 e. The first kappa shape index (κ1) is 11.3. The van der Waals surface area contributed by atoms with Crippen molar-refractivity contribution in [2.24, 2.45) is 5.41 Å². The molecule has 1 aromatic rings. The Morgan fingerprint density at radius 1 is 1.28 bits per heavy atom. The predicted molar refractivity (Wildman–Crippen MR) is 65.4 cm³/mol. The fourth-order valence-corrected chi connectivity index (χ4v) is 2.51. The van der Waals surface area contributed by atoms with Gasteiger partial charge in [-0.1, -0.05) is 6.08 Å². The molecule has 1 fully saturated rings. The lowest BCUT2D eigenvalue weighted by molar-refractivity contribution is 0.155. The molecule has 0 radical (unpaired) electrons. The number of halogens is 1. The Labute approximate surface area is 105 Å². The van der Waals surface area contributed by atoms with Crippen molar-refractivity contribution in [2.45, 2.75) is 19.3 Å². The Hall–Kier alpha value is -1.84. The van der Waals surface area contributed by atoms with Crippen molar-refractivity contribution in [1.82, 2.24) is 4.90 Å². The summed E-state index contributed by atoms with van der Waals surface area (Å²) in [6.07, 6.45) is 4.16. The van der Waals surface area contributed by atoms with E-state index >= 15 is 0 Å². The molecule has 18 heavy (non-hydrogen) atoms. The largest absolute Gasteiger partial charge is 0.465 e. The standard InChI is InChI=1S/C14H14FNO2/c15-11-3-1-10(2-4-11)12-5-6-14(7-8-14)9-16(12)13(17)18/h1-5H,6-9H2,(H,17,18). The lowest BCUT2D eigenvalue weighted by atomic mass is 9.94. The summed E-state index contributed by atoms with van der Waals surface area (Å²) < 4.78 is 12.9. The molecule has 0 unspecified atom stereocenters. The van der Waals surface area contributed by atoms with E-state index in [1.165, 1.54) is 17.0 Å². The van der Waals surface area contributed by atoms with E-state index in [4.69, 9.17) is 0 Å². The van der Waals surface area contributed by atoms with Crippen LogP contribution in [0.2, 0.25) is 0 Å². The molecule has 94 valence electrons. The van der Waals surface area contributed by atoms with Crippen LogP contribution in [0, 0.1) is 11.2 Å². The van der Waals surface area contributed by atoms with Crippen LogP contribution in [-0.4, -0.2) is 22.6 Å². The van der Waals surface area contributed by atoms with Crippen LogP contribution in [0.15, 0.2) is 30.3 Å². The van der Waals surface area contributed by atoms with Crippen LogP contribution >= 0.6 is 0 Å². The molecule has 0 aromatic heterocycles. The van der Waals surface area contributed by atoms with Crippen LogP contribution in [-0.2, 0) is 0 Å². The third-order valence-electron chi connectivity index (χ3n) is 3.84. The Morgan fingerprint density at radius 2 is 1.94 bits per heavy atom.